The summed E-state index contributed by atoms with van der Waals surface area (Å²) in [4.78, 5) is 18.3. The number of para-hydroxylation sites is 4. The highest BCUT2D eigenvalue weighted by Crippen LogP contribution is 2.14. The third kappa shape index (κ3) is 2.80. The van der Waals surface area contributed by atoms with E-state index in [1.165, 1.54) is 0 Å². The van der Waals surface area contributed by atoms with Gasteiger partial charge in [0.1, 0.15) is 11.0 Å². The number of hydrogen-bond donors (Lipinski definition) is 1. The van der Waals surface area contributed by atoms with Gasteiger partial charge in [0.25, 0.3) is 0 Å². The summed E-state index contributed by atoms with van der Waals surface area (Å²) in [7, 11) is 0. The summed E-state index contributed by atoms with van der Waals surface area (Å²) in [6.07, 6.45) is 0. The average molecular weight is 296 g/mol. The average Bonchev–Trinajstić information content (AvgIpc) is 3.09. The number of carbonyl (C=O) groups is 1. The molecule has 0 atom stereocenters. The van der Waals surface area contributed by atoms with Gasteiger partial charge in [-0.1, -0.05) is 24.3 Å². The minimum atomic E-state index is -1.15. The number of oxazole rings is 2. The fourth-order valence-corrected chi connectivity index (χ4v) is 1.95. The first-order valence-corrected chi connectivity index (χ1v) is 6.54. The van der Waals surface area contributed by atoms with Gasteiger partial charge < -0.3 is 13.9 Å². The predicted octanol–water partition coefficient (Wildman–Crippen LogP) is 3.66. The molecule has 0 unspecified atom stereocenters. The fourth-order valence-electron chi connectivity index (χ4n) is 1.95. The van der Waals surface area contributed by atoms with Gasteiger partial charge in [-0.2, -0.15) is 0 Å². The minimum Gasteiger partial charge on any atom is -0.474 e. The van der Waals surface area contributed by atoms with Crippen LogP contribution in [0.15, 0.2) is 57.4 Å². The van der Waals surface area contributed by atoms with Crippen LogP contribution in [0, 0.1) is 6.92 Å². The number of fused-ring (bicyclic) bond motifs is 2. The highest BCUT2D eigenvalue weighted by molar-refractivity contribution is 5.86. The van der Waals surface area contributed by atoms with Crippen LogP contribution in [0.3, 0.4) is 0 Å². The van der Waals surface area contributed by atoms with Gasteiger partial charge in [-0.3, -0.25) is 0 Å². The smallest absolute Gasteiger partial charge is 0.392 e. The van der Waals surface area contributed by atoms with Crippen LogP contribution in [0.4, 0.5) is 0 Å². The zero-order valence-electron chi connectivity index (χ0n) is 11.7. The van der Waals surface area contributed by atoms with Crippen LogP contribution < -0.4 is 0 Å². The van der Waals surface area contributed by atoms with Crippen molar-refractivity contribution >= 4 is 28.2 Å². The van der Waals surface area contributed by atoms with E-state index in [0.717, 1.165) is 17.0 Å². The first-order valence-electron chi connectivity index (χ1n) is 6.54. The lowest BCUT2D eigenvalue weighted by molar-refractivity contribution is 0.0656. The molecule has 0 aliphatic rings. The normalized spacial score (nSPS) is 10.4. The molecule has 2 heterocycles. The van der Waals surface area contributed by atoms with Gasteiger partial charge >= 0.3 is 11.9 Å². The topological polar surface area (TPSA) is 89.4 Å². The molecule has 1 N–H and O–H groups in total. The summed E-state index contributed by atoms with van der Waals surface area (Å²) in [5, 5.41) is 8.53. The number of carboxylic acids is 1. The summed E-state index contributed by atoms with van der Waals surface area (Å²) in [6.45, 7) is 1.85. The van der Waals surface area contributed by atoms with Gasteiger partial charge in [-0.05, 0) is 24.3 Å². The summed E-state index contributed by atoms with van der Waals surface area (Å²) >= 11 is 0. The highest BCUT2D eigenvalue weighted by Gasteiger charge is 2.10. The van der Waals surface area contributed by atoms with Crippen molar-refractivity contribution in [2.45, 2.75) is 6.92 Å². The van der Waals surface area contributed by atoms with E-state index in [9.17, 15) is 4.79 Å². The number of aromatic nitrogens is 2. The number of aryl methyl sites for hydroxylation is 1. The highest BCUT2D eigenvalue weighted by atomic mass is 16.4. The van der Waals surface area contributed by atoms with Crippen molar-refractivity contribution in [3.63, 3.8) is 0 Å². The summed E-state index contributed by atoms with van der Waals surface area (Å²) in [6, 6.07) is 14.6. The molecule has 0 amide bonds. The van der Waals surface area contributed by atoms with Gasteiger partial charge in [0, 0.05) is 6.92 Å². The molecular formula is C16H12N2O4. The second-order valence-electron chi connectivity index (χ2n) is 4.49. The summed E-state index contributed by atoms with van der Waals surface area (Å²) in [5.41, 5.74) is 2.85. The lowest BCUT2D eigenvalue weighted by Crippen LogP contribution is -1.94. The van der Waals surface area contributed by atoms with E-state index >= 15 is 0 Å². The molecule has 22 heavy (non-hydrogen) atoms. The van der Waals surface area contributed by atoms with Gasteiger partial charge in [0.15, 0.2) is 17.1 Å². The molecule has 0 aliphatic heterocycles. The molecule has 4 rings (SSSR count). The van der Waals surface area contributed by atoms with Crippen molar-refractivity contribution in [2.24, 2.45) is 0 Å². The third-order valence-corrected chi connectivity index (χ3v) is 2.88. The first-order chi connectivity index (χ1) is 10.6. The van der Waals surface area contributed by atoms with Crippen LogP contribution in [0.1, 0.15) is 16.6 Å². The molecule has 2 aromatic carbocycles. The lowest BCUT2D eigenvalue weighted by atomic mass is 10.3. The number of benzene rings is 2. The molecule has 6 nitrogen and oxygen atoms in total. The largest absolute Gasteiger partial charge is 0.474 e. The maximum atomic E-state index is 10.4. The lowest BCUT2D eigenvalue weighted by Gasteiger charge is -1.80. The number of rotatable bonds is 1. The van der Waals surface area contributed by atoms with Gasteiger partial charge in [0.05, 0.1) is 0 Å². The Kier molecular flexibility index (Phi) is 3.57. The fraction of sp³-hybridized carbons (Fsp3) is 0.0625. The summed E-state index contributed by atoms with van der Waals surface area (Å²) < 4.78 is 10.2. The minimum absolute atomic E-state index is 0.267. The van der Waals surface area contributed by atoms with E-state index in [2.05, 4.69) is 9.97 Å². The van der Waals surface area contributed by atoms with Crippen molar-refractivity contribution in [1.29, 1.82) is 0 Å². The molecule has 2 aromatic heterocycles. The van der Waals surface area contributed by atoms with E-state index < -0.39 is 5.97 Å². The Morgan fingerprint density at radius 1 is 0.909 bits per heavy atom. The van der Waals surface area contributed by atoms with Crippen LogP contribution in [0.5, 0.6) is 0 Å². The molecule has 4 aromatic rings. The molecule has 0 fully saturated rings. The molecule has 0 aliphatic carbocycles. The Morgan fingerprint density at radius 3 is 2.00 bits per heavy atom. The third-order valence-electron chi connectivity index (χ3n) is 2.88. The molecule has 0 spiro atoms. The van der Waals surface area contributed by atoms with E-state index in [-0.39, 0.29) is 5.89 Å². The molecule has 6 heteroatoms. The van der Waals surface area contributed by atoms with Gasteiger partial charge in [-0.15, -0.1) is 0 Å². The Bertz CT molecular complexity index is 873. The Morgan fingerprint density at radius 2 is 1.45 bits per heavy atom. The molecule has 0 radical (unpaired) electrons. The second-order valence-corrected chi connectivity index (χ2v) is 4.49. The zero-order chi connectivity index (χ0) is 15.5. The van der Waals surface area contributed by atoms with E-state index in [0.29, 0.717) is 11.1 Å². The Labute approximate surface area is 125 Å². The number of aromatic carboxylic acids is 1. The maximum absolute atomic E-state index is 10.4. The van der Waals surface area contributed by atoms with E-state index in [4.69, 9.17) is 13.9 Å². The van der Waals surface area contributed by atoms with Crippen molar-refractivity contribution in [2.75, 3.05) is 0 Å². The molecule has 0 bridgehead atoms. The van der Waals surface area contributed by atoms with Crippen molar-refractivity contribution < 1.29 is 18.7 Å². The van der Waals surface area contributed by atoms with E-state index in [1.54, 1.807) is 24.3 Å². The SMILES string of the molecule is Cc1nc2ccccc2o1.O=C(O)c1nc2ccccc2o1. The van der Waals surface area contributed by atoms with Crippen LogP contribution in [-0.4, -0.2) is 21.0 Å². The predicted molar refractivity (Wildman–Crippen MR) is 79.7 cm³/mol. The van der Waals surface area contributed by atoms with E-state index in [1.807, 2.05) is 31.2 Å². The number of carboxylic acid groups (broad SMARTS) is 1. The van der Waals surface area contributed by atoms with Gasteiger partial charge in [-0.25, -0.2) is 14.8 Å². The quantitative estimate of drug-likeness (QED) is 0.576. The standard InChI is InChI=1S/C8H5NO3.C8H7NO/c10-8(11)7-9-5-3-1-2-4-6(5)12-7;1-6-9-7-4-2-3-5-8(7)10-6/h1-4H,(H,10,11);2-5H,1H3. The molecule has 110 valence electrons. The van der Waals surface area contributed by atoms with Crippen LogP contribution in [0.2, 0.25) is 0 Å². The monoisotopic (exact) mass is 296 g/mol. The molecule has 0 saturated carbocycles. The Hall–Kier alpha value is -3.15. The van der Waals surface area contributed by atoms with Crippen LogP contribution in [-0.2, 0) is 0 Å². The molecular weight excluding hydrogens is 284 g/mol. The zero-order valence-corrected chi connectivity index (χ0v) is 11.7. The van der Waals surface area contributed by atoms with Gasteiger partial charge in [0.2, 0.25) is 0 Å². The van der Waals surface area contributed by atoms with Crippen LogP contribution in [0.25, 0.3) is 22.2 Å². The first kappa shape index (κ1) is 13.8. The van der Waals surface area contributed by atoms with Crippen molar-refractivity contribution in [3.05, 3.63) is 60.3 Å². The number of hydrogen-bond acceptors (Lipinski definition) is 5. The molecule has 0 saturated heterocycles. The number of nitrogens with zero attached hydrogens (tertiary/aromatic N) is 2. The van der Waals surface area contributed by atoms with Crippen LogP contribution >= 0.6 is 0 Å². The summed E-state index contributed by atoms with van der Waals surface area (Å²) in [5.74, 6) is -0.691. The Balaban J connectivity index is 0.000000133. The van der Waals surface area contributed by atoms with Crippen molar-refractivity contribution in [3.8, 4) is 0 Å². The second kappa shape index (κ2) is 5.69. The van der Waals surface area contributed by atoms with Crippen molar-refractivity contribution in [1.82, 2.24) is 9.97 Å². The maximum Gasteiger partial charge on any atom is 0.392 e.